The SMILES string of the molecule is COc1ccc(N2C[C@@H](C(=O)Nc3oc(C)c(C(C)=O)c3C#N)CC2=O)cc1. The maximum absolute atomic E-state index is 12.6. The molecule has 0 unspecified atom stereocenters. The van der Waals surface area contributed by atoms with Gasteiger partial charge in [-0.2, -0.15) is 5.26 Å². The molecule has 0 aliphatic carbocycles. The molecule has 1 aromatic carbocycles. The molecule has 28 heavy (non-hydrogen) atoms. The minimum absolute atomic E-state index is 0.00492. The van der Waals surface area contributed by atoms with E-state index in [0.717, 1.165) is 0 Å². The third-order valence-corrected chi connectivity index (χ3v) is 4.66. The number of methoxy groups -OCH3 is 1. The van der Waals surface area contributed by atoms with Gasteiger partial charge in [-0.05, 0) is 38.1 Å². The second-order valence-corrected chi connectivity index (χ2v) is 6.50. The van der Waals surface area contributed by atoms with E-state index in [9.17, 15) is 19.6 Å². The summed E-state index contributed by atoms with van der Waals surface area (Å²) in [5.74, 6) is -0.668. The molecule has 1 fully saturated rings. The molecule has 2 heterocycles. The minimum atomic E-state index is -0.604. The second kappa shape index (κ2) is 7.56. The van der Waals surface area contributed by atoms with Crippen molar-refractivity contribution < 1.29 is 23.5 Å². The van der Waals surface area contributed by atoms with Crippen molar-refractivity contribution in [2.75, 3.05) is 23.9 Å². The number of rotatable bonds is 5. The van der Waals surface area contributed by atoms with Crippen LogP contribution in [0.5, 0.6) is 5.75 Å². The average molecular weight is 381 g/mol. The number of aryl methyl sites for hydroxylation is 1. The highest BCUT2D eigenvalue weighted by Gasteiger charge is 2.36. The second-order valence-electron chi connectivity index (χ2n) is 6.50. The minimum Gasteiger partial charge on any atom is -0.497 e. The van der Waals surface area contributed by atoms with E-state index in [4.69, 9.17) is 9.15 Å². The van der Waals surface area contributed by atoms with Crippen LogP contribution in [0.3, 0.4) is 0 Å². The number of furan rings is 1. The number of carbonyl (C=O) groups excluding carboxylic acids is 3. The van der Waals surface area contributed by atoms with Crippen LogP contribution in [0.25, 0.3) is 0 Å². The van der Waals surface area contributed by atoms with Gasteiger partial charge in [0.1, 0.15) is 23.1 Å². The molecule has 2 amide bonds. The van der Waals surface area contributed by atoms with Gasteiger partial charge in [0.25, 0.3) is 0 Å². The number of carbonyl (C=O) groups is 3. The van der Waals surface area contributed by atoms with Gasteiger partial charge in [-0.25, -0.2) is 0 Å². The highest BCUT2D eigenvalue weighted by molar-refractivity contribution is 6.05. The van der Waals surface area contributed by atoms with Crippen molar-refractivity contribution in [3.8, 4) is 11.8 Å². The maximum Gasteiger partial charge on any atom is 0.232 e. The molecule has 1 saturated heterocycles. The molecule has 1 aromatic heterocycles. The summed E-state index contributed by atoms with van der Waals surface area (Å²) in [7, 11) is 1.56. The molecule has 144 valence electrons. The number of nitrogens with zero attached hydrogens (tertiary/aromatic N) is 2. The zero-order valence-electron chi connectivity index (χ0n) is 15.7. The first-order valence-electron chi connectivity index (χ1n) is 8.65. The van der Waals surface area contributed by atoms with Gasteiger partial charge in [-0.15, -0.1) is 0 Å². The topological polar surface area (TPSA) is 113 Å². The largest absolute Gasteiger partial charge is 0.497 e. The standard InChI is InChI=1S/C20H19N3O5/c1-11(24)18-12(2)28-20(16(18)9-21)22-19(26)13-8-17(25)23(10-13)14-4-6-15(27-3)7-5-14/h4-7,13H,8,10H2,1-3H3,(H,22,26)/t13-/m0/s1. The molecule has 1 aliphatic rings. The van der Waals surface area contributed by atoms with Gasteiger partial charge in [0.2, 0.25) is 17.7 Å². The van der Waals surface area contributed by atoms with Crippen LogP contribution in [0, 0.1) is 24.2 Å². The predicted molar refractivity (Wildman–Crippen MR) is 100 cm³/mol. The highest BCUT2D eigenvalue weighted by atomic mass is 16.5. The molecule has 0 bridgehead atoms. The van der Waals surface area contributed by atoms with E-state index in [-0.39, 0.29) is 47.4 Å². The van der Waals surface area contributed by atoms with E-state index in [2.05, 4.69) is 5.32 Å². The first kappa shape index (κ1) is 19.2. The Morgan fingerprint density at radius 1 is 1.32 bits per heavy atom. The molecular formula is C20H19N3O5. The van der Waals surface area contributed by atoms with Crippen LogP contribution >= 0.6 is 0 Å². The van der Waals surface area contributed by atoms with E-state index >= 15 is 0 Å². The molecule has 3 rings (SSSR count). The van der Waals surface area contributed by atoms with Crippen LogP contribution in [0.1, 0.15) is 35.0 Å². The number of hydrogen-bond donors (Lipinski definition) is 1. The number of hydrogen-bond acceptors (Lipinski definition) is 6. The number of ketones is 1. The van der Waals surface area contributed by atoms with Crippen molar-refractivity contribution >= 4 is 29.2 Å². The predicted octanol–water partition coefficient (Wildman–Crippen LogP) is 2.66. The van der Waals surface area contributed by atoms with Gasteiger partial charge in [-0.3, -0.25) is 19.7 Å². The van der Waals surface area contributed by atoms with Crippen LogP contribution in [-0.2, 0) is 9.59 Å². The van der Waals surface area contributed by atoms with E-state index < -0.39 is 11.8 Å². The lowest BCUT2D eigenvalue weighted by Crippen LogP contribution is -2.28. The fraction of sp³-hybridized carbons (Fsp3) is 0.300. The van der Waals surface area contributed by atoms with Crippen LogP contribution in [0.15, 0.2) is 28.7 Å². The zero-order chi connectivity index (χ0) is 20.4. The molecule has 0 radical (unpaired) electrons. The van der Waals surface area contributed by atoms with Gasteiger partial charge in [0.05, 0.1) is 18.6 Å². The van der Waals surface area contributed by atoms with Crippen LogP contribution < -0.4 is 15.0 Å². The number of ether oxygens (including phenoxy) is 1. The Bertz CT molecular complexity index is 985. The number of anilines is 2. The summed E-state index contributed by atoms with van der Waals surface area (Å²) < 4.78 is 10.5. The summed E-state index contributed by atoms with van der Waals surface area (Å²) in [5.41, 5.74) is 0.821. The van der Waals surface area contributed by atoms with Crippen LogP contribution in [-0.4, -0.2) is 31.3 Å². The van der Waals surface area contributed by atoms with Gasteiger partial charge in [0, 0.05) is 18.7 Å². The van der Waals surface area contributed by atoms with Gasteiger partial charge in [0.15, 0.2) is 5.78 Å². The molecule has 1 atom stereocenters. The average Bonchev–Trinajstić information content (AvgIpc) is 3.21. The van der Waals surface area contributed by atoms with Crippen LogP contribution in [0.4, 0.5) is 11.6 Å². The van der Waals surface area contributed by atoms with Gasteiger partial charge >= 0.3 is 0 Å². The van der Waals surface area contributed by atoms with Crippen molar-refractivity contribution in [1.82, 2.24) is 0 Å². The number of nitrogens with one attached hydrogen (secondary N) is 1. The van der Waals surface area contributed by atoms with Crippen molar-refractivity contribution in [3.63, 3.8) is 0 Å². The summed E-state index contributed by atoms with van der Waals surface area (Å²) in [6.45, 7) is 3.09. The van der Waals surface area contributed by atoms with E-state index in [1.54, 1.807) is 38.3 Å². The molecule has 1 aliphatic heterocycles. The van der Waals surface area contributed by atoms with Gasteiger partial charge in [-0.1, -0.05) is 0 Å². The lowest BCUT2D eigenvalue weighted by Gasteiger charge is -2.17. The number of benzene rings is 1. The first-order chi connectivity index (χ1) is 13.3. The quantitative estimate of drug-likeness (QED) is 0.797. The zero-order valence-corrected chi connectivity index (χ0v) is 15.7. The summed E-state index contributed by atoms with van der Waals surface area (Å²) in [6.07, 6.45) is 0.0407. The molecule has 0 spiro atoms. The summed E-state index contributed by atoms with van der Waals surface area (Å²) in [5, 5.41) is 11.9. The number of nitriles is 1. The van der Waals surface area contributed by atoms with E-state index in [1.807, 2.05) is 6.07 Å². The third kappa shape index (κ3) is 3.47. The molecule has 0 saturated carbocycles. The fourth-order valence-corrected chi connectivity index (χ4v) is 3.27. The molecule has 2 aromatic rings. The van der Waals surface area contributed by atoms with Gasteiger partial charge < -0.3 is 14.1 Å². The molecular weight excluding hydrogens is 362 g/mol. The van der Waals surface area contributed by atoms with Crippen LogP contribution in [0.2, 0.25) is 0 Å². The Balaban J connectivity index is 1.76. The Hall–Kier alpha value is -3.60. The van der Waals surface area contributed by atoms with E-state index in [1.165, 1.54) is 11.8 Å². The number of amides is 2. The highest BCUT2D eigenvalue weighted by Crippen LogP contribution is 2.30. The monoisotopic (exact) mass is 381 g/mol. The fourth-order valence-electron chi connectivity index (χ4n) is 3.27. The van der Waals surface area contributed by atoms with Crippen molar-refractivity contribution in [3.05, 3.63) is 41.2 Å². The van der Waals surface area contributed by atoms with Crippen molar-refractivity contribution in [2.45, 2.75) is 20.3 Å². The van der Waals surface area contributed by atoms with E-state index in [0.29, 0.717) is 11.4 Å². The Morgan fingerprint density at radius 3 is 2.57 bits per heavy atom. The Kier molecular flexibility index (Phi) is 5.18. The Morgan fingerprint density at radius 2 is 2.00 bits per heavy atom. The lowest BCUT2D eigenvalue weighted by molar-refractivity contribution is -0.122. The van der Waals surface area contributed by atoms with Crippen molar-refractivity contribution in [2.24, 2.45) is 5.92 Å². The lowest BCUT2D eigenvalue weighted by atomic mass is 10.1. The molecule has 8 nitrogen and oxygen atoms in total. The number of Topliss-reactive ketones (excluding diaryl/α,β-unsaturated/α-hetero) is 1. The summed E-state index contributed by atoms with van der Waals surface area (Å²) in [6, 6.07) is 8.88. The first-order valence-corrected chi connectivity index (χ1v) is 8.65. The maximum atomic E-state index is 12.6. The Labute approximate surface area is 161 Å². The summed E-state index contributed by atoms with van der Waals surface area (Å²) in [4.78, 5) is 38.2. The summed E-state index contributed by atoms with van der Waals surface area (Å²) >= 11 is 0. The molecule has 1 N–H and O–H groups in total. The molecule has 8 heteroatoms. The van der Waals surface area contributed by atoms with Crippen molar-refractivity contribution in [1.29, 1.82) is 5.26 Å². The normalized spacial score (nSPS) is 16.0. The third-order valence-electron chi connectivity index (χ3n) is 4.66. The smallest absolute Gasteiger partial charge is 0.232 e.